The van der Waals surface area contributed by atoms with E-state index < -0.39 is 5.95 Å². The van der Waals surface area contributed by atoms with Gasteiger partial charge in [0.15, 0.2) is 0 Å². The molecule has 0 saturated heterocycles. The summed E-state index contributed by atoms with van der Waals surface area (Å²) in [6.45, 7) is 1.54. The Bertz CT molecular complexity index is 411. The van der Waals surface area contributed by atoms with Gasteiger partial charge in [-0.2, -0.15) is 0 Å². The van der Waals surface area contributed by atoms with E-state index in [-0.39, 0.29) is 0 Å². The Kier molecular flexibility index (Phi) is 9.08. The van der Waals surface area contributed by atoms with E-state index in [1.165, 1.54) is 13.0 Å². The number of phenolic OH excluding ortho intramolecular Hbond substituents is 2. The molecule has 0 aromatic heterocycles. The highest BCUT2D eigenvalue weighted by Crippen LogP contribution is 2.03. The zero-order chi connectivity index (χ0) is 14.5. The molecular formula is C15H18O4. The third-order valence-electron chi connectivity index (χ3n) is 1.77. The molecule has 2 rings (SSSR count). The summed E-state index contributed by atoms with van der Waals surface area (Å²) in [4.78, 5) is 0. The van der Waals surface area contributed by atoms with Gasteiger partial charge in [0.2, 0.25) is 0 Å². The topological polar surface area (TPSA) is 80.9 Å². The van der Waals surface area contributed by atoms with Crippen LogP contribution in [0.5, 0.6) is 11.5 Å². The van der Waals surface area contributed by atoms with Crippen molar-refractivity contribution in [3.63, 3.8) is 0 Å². The molecule has 0 aliphatic carbocycles. The molecule has 0 bridgehead atoms. The molecule has 4 nitrogen and oxygen atoms in total. The van der Waals surface area contributed by atoms with Crippen molar-refractivity contribution in [2.24, 2.45) is 0 Å². The predicted octanol–water partition coefficient (Wildman–Crippen LogP) is 3.75. The molecule has 102 valence electrons. The predicted molar refractivity (Wildman–Crippen MR) is 75.2 cm³/mol. The van der Waals surface area contributed by atoms with Gasteiger partial charge in [-0.1, -0.05) is 36.4 Å². The SMILES string of the molecule is CC=C(O)O.Oc1ccccc1.Oc1ccccc1. The normalized spacial score (nSPS) is 8.05. The summed E-state index contributed by atoms with van der Waals surface area (Å²) >= 11 is 0. The van der Waals surface area contributed by atoms with E-state index in [2.05, 4.69) is 0 Å². The van der Waals surface area contributed by atoms with E-state index in [0.717, 1.165) is 0 Å². The fraction of sp³-hybridized carbons (Fsp3) is 0.0667. The molecule has 0 radical (unpaired) electrons. The number of aromatic hydroxyl groups is 2. The lowest BCUT2D eigenvalue weighted by Crippen LogP contribution is -1.68. The van der Waals surface area contributed by atoms with Crippen molar-refractivity contribution in [2.75, 3.05) is 0 Å². The van der Waals surface area contributed by atoms with Crippen LogP contribution in [0.2, 0.25) is 0 Å². The molecule has 0 spiro atoms. The summed E-state index contributed by atoms with van der Waals surface area (Å²) in [6.07, 6.45) is 1.19. The average molecular weight is 262 g/mol. The van der Waals surface area contributed by atoms with Gasteiger partial charge in [-0.25, -0.2) is 0 Å². The average Bonchev–Trinajstić information content (AvgIpc) is 2.42. The number of benzene rings is 2. The van der Waals surface area contributed by atoms with Gasteiger partial charge in [-0.3, -0.25) is 0 Å². The van der Waals surface area contributed by atoms with Gasteiger partial charge in [-0.05, 0) is 37.3 Å². The second-order valence-electron chi connectivity index (χ2n) is 3.32. The molecule has 0 aliphatic rings. The van der Waals surface area contributed by atoms with Gasteiger partial charge >= 0.3 is 0 Å². The third-order valence-corrected chi connectivity index (χ3v) is 1.77. The van der Waals surface area contributed by atoms with E-state index >= 15 is 0 Å². The number of aliphatic hydroxyl groups excluding tert-OH is 1. The molecule has 4 heteroatoms. The first-order valence-corrected chi connectivity index (χ1v) is 5.58. The first-order valence-electron chi connectivity index (χ1n) is 5.58. The Balaban J connectivity index is 0.000000261. The fourth-order valence-corrected chi connectivity index (χ4v) is 0.856. The van der Waals surface area contributed by atoms with Crippen molar-refractivity contribution >= 4 is 0 Å². The van der Waals surface area contributed by atoms with Gasteiger partial charge in [0.05, 0.1) is 0 Å². The molecule has 0 atom stereocenters. The van der Waals surface area contributed by atoms with Gasteiger partial charge in [0, 0.05) is 0 Å². The Morgan fingerprint density at radius 1 is 0.737 bits per heavy atom. The fourth-order valence-electron chi connectivity index (χ4n) is 0.856. The van der Waals surface area contributed by atoms with Crippen LogP contribution in [0.4, 0.5) is 0 Å². The van der Waals surface area contributed by atoms with Crippen LogP contribution in [-0.4, -0.2) is 20.4 Å². The van der Waals surface area contributed by atoms with Crippen molar-refractivity contribution in [2.45, 2.75) is 6.92 Å². The highest BCUT2D eigenvalue weighted by atomic mass is 16.5. The second kappa shape index (κ2) is 10.5. The lowest BCUT2D eigenvalue weighted by molar-refractivity contribution is 0.190. The van der Waals surface area contributed by atoms with Crippen molar-refractivity contribution in [1.82, 2.24) is 0 Å². The number of phenols is 2. The second-order valence-corrected chi connectivity index (χ2v) is 3.32. The van der Waals surface area contributed by atoms with Crippen molar-refractivity contribution in [3.05, 3.63) is 72.7 Å². The number of para-hydroxylation sites is 2. The maximum Gasteiger partial charge on any atom is 0.269 e. The largest absolute Gasteiger partial charge is 0.508 e. The van der Waals surface area contributed by atoms with Crippen LogP contribution in [0, 0.1) is 0 Å². The van der Waals surface area contributed by atoms with Crippen molar-refractivity contribution in [1.29, 1.82) is 0 Å². The highest BCUT2D eigenvalue weighted by molar-refractivity contribution is 5.19. The number of hydrogen-bond acceptors (Lipinski definition) is 4. The van der Waals surface area contributed by atoms with Crippen LogP contribution in [0.1, 0.15) is 6.92 Å². The molecule has 2 aromatic carbocycles. The van der Waals surface area contributed by atoms with Crippen molar-refractivity contribution in [3.8, 4) is 11.5 Å². The Labute approximate surface area is 112 Å². The summed E-state index contributed by atoms with van der Waals surface area (Å²) in [5, 5.41) is 32.8. The standard InChI is InChI=1S/2C6H6O.C3H6O2/c2*7-6-4-2-1-3-5-6;1-2-3(4)5/h2*1-5,7H;2,4-5H,1H3. The third kappa shape index (κ3) is 11.6. The molecule has 0 unspecified atom stereocenters. The molecule has 0 heterocycles. The van der Waals surface area contributed by atoms with Crippen molar-refractivity contribution < 1.29 is 20.4 Å². The number of aliphatic hydroxyl groups is 2. The van der Waals surface area contributed by atoms with E-state index in [9.17, 15) is 0 Å². The minimum atomic E-state index is -0.620. The van der Waals surface area contributed by atoms with E-state index in [1.54, 1.807) is 48.5 Å². The van der Waals surface area contributed by atoms with Gasteiger partial charge in [0.1, 0.15) is 11.5 Å². The zero-order valence-electron chi connectivity index (χ0n) is 10.6. The number of hydrogen-bond donors (Lipinski definition) is 4. The Morgan fingerprint density at radius 3 is 1.11 bits per heavy atom. The number of rotatable bonds is 0. The summed E-state index contributed by atoms with van der Waals surface area (Å²) < 4.78 is 0. The molecule has 0 fully saturated rings. The summed E-state index contributed by atoms with van der Waals surface area (Å²) in [7, 11) is 0. The summed E-state index contributed by atoms with van der Waals surface area (Å²) in [5.74, 6) is 0.0231. The monoisotopic (exact) mass is 262 g/mol. The first-order chi connectivity index (χ1) is 9.06. The van der Waals surface area contributed by atoms with Crippen LogP contribution in [0.25, 0.3) is 0 Å². The molecule has 2 aromatic rings. The smallest absolute Gasteiger partial charge is 0.269 e. The van der Waals surface area contributed by atoms with Crippen LogP contribution in [0.15, 0.2) is 72.7 Å². The van der Waals surface area contributed by atoms with Crippen LogP contribution in [0.3, 0.4) is 0 Å². The van der Waals surface area contributed by atoms with Crippen LogP contribution in [-0.2, 0) is 0 Å². The Morgan fingerprint density at radius 2 is 1.00 bits per heavy atom. The maximum atomic E-state index is 8.63. The molecule has 4 N–H and O–H groups in total. The molecule has 19 heavy (non-hydrogen) atoms. The summed E-state index contributed by atoms with van der Waals surface area (Å²) in [5.41, 5.74) is 0. The highest BCUT2D eigenvalue weighted by Gasteiger charge is 1.75. The van der Waals surface area contributed by atoms with Crippen LogP contribution >= 0.6 is 0 Å². The molecule has 0 saturated carbocycles. The number of allylic oxidation sites excluding steroid dienone is 1. The molecular weight excluding hydrogens is 244 g/mol. The summed E-state index contributed by atoms with van der Waals surface area (Å²) in [6, 6.07) is 17.4. The first kappa shape index (κ1) is 16.4. The zero-order valence-corrected chi connectivity index (χ0v) is 10.6. The van der Waals surface area contributed by atoms with Gasteiger partial charge in [-0.15, -0.1) is 0 Å². The Hall–Kier alpha value is -2.62. The lowest BCUT2D eigenvalue weighted by atomic mass is 10.3. The minimum Gasteiger partial charge on any atom is -0.508 e. The quantitative estimate of drug-likeness (QED) is 0.545. The molecule has 0 aliphatic heterocycles. The lowest BCUT2D eigenvalue weighted by Gasteiger charge is -1.82. The van der Waals surface area contributed by atoms with E-state index in [1.807, 2.05) is 12.1 Å². The van der Waals surface area contributed by atoms with E-state index in [0.29, 0.717) is 11.5 Å². The maximum absolute atomic E-state index is 8.63. The van der Waals surface area contributed by atoms with Gasteiger partial charge in [0.25, 0.3) is 5.95 Å². The van der Waals surface area contributed by atoms with E-state index in [4.69, 9.17) is 20.4 Å². The van der Waals surface area contributed by atoms with Crippen LogP contribution < -0.4 is 0 Å². The molecule has 0 amide bonds. The van der Waals surface area contributed by atoms with Gasteiger partial charge < -0.3 is 20.4 Å². The minimum absolute atomic E-state index is 0.322.